The molecule has 0 aromatic carbocycles. The Bertz CT molecular complexity index is 437. The highest BCUT2D eigenvalue weighted by Crippen LogP contribution is 2.39. The van der Waals surface area contributed by atoms with Gasteiger partial charge in [-0.05, 0) is 47.5 Å². The number of anilines is 1. The van der Waals surface area contributed by atoms with E-state index in [4.69, 9.17) is 4.98 Å². The third-order valence-corrected chi connectivity index (χ3v) is 4.68. The lowest BCUT2D eigenvalue weighted by molar-refractivity contribution is 0.377. The van der Waals surface area contributed by atoms with Gasteiger partial charge in [-0.3, -0.25) is 0 Å². The molecule has 0 atom stereocenters. The molecule has 4 heteroatoms. The van der Waals surface area contributed by atoms with E-state index in [2.05, 4.69) is 38.8 Å². The zero-order chi connectivity index (χ0) is 13.2. The summed E-state index contributed by atoms with van der Waals surface area (Å²) in [4.78, 5) is 11.7. The largest absolute Gasteiger partial charge is 0.356 e. The number of halogens is 1. The summed E-state index contributed by atoms with van der Waals surface area (Å²) in [6.45, 7) is 4.59. The van der Waals surface area contributed by atoms with Gasteiger partial charge in [0, 0.05) is 25.1 Å². The Morgan fingerprint density at radius 2 is 1.95 bits per heavy atom. The molecule has 3 rings (SSSR count). The molecule has 1 aromatic rings. The summed E-state index contributed by atoms with van der Waals surface area (Å²) >= 11 is 3.53. The van der Waals surface area contributed by atoms with Crippen molar-refractivity contribution in [3.8, 4) is 0 Å². The highest BCUT2D eigenvalue weighted by atomic mass is 79.9. The topological polar surface area (TPSA) is 29.0 Å². The Kier molecular flexibility index (Phi) is 4.06. The first-order chi connectivity index (χ1) is 9.26. The fraction of sp³-hybridized carbons (Fsp3) is 0.733. The van der Waals surface area contributed by atoms with E-state index in [-0.39, 0.29) is 0 Å². The average molecular weight is 324 g/mol. The fourth-order valence-electron chi connectivity index (χ4n) is 2.97. The van der Waals surface area contributed by atoms with Gasteiger partial charge < -0.3 is 4.90 Å². The molecular formula is C15H22BrN3. The molecule has 0 spiro atoms. The maximum Gasteiger partial charge on any atom is 0.135 e. The van der Waals surface area contributed by atoms with Crippen LogP contribution >= 0.6 is 15.9 Å². The van der Waals surface area contributed by atoms with E-state index in [9.17, 15) is 0 Å². The van der Waals surface area contributed by atoms with Gasteiger partial charge in [0.15, 0.2) is 0 Å². The molecule has 2 fully saturated rings. The summed E-state index contributed by atoms with van der Waals surface area (Å²) in [5.74, 6) is 3.71. The summed E-state index contributed by atoms with van der Waals surface area (Å²) in [7, 11) is 0. The van der Waals surface area contributed by atoms with Crippen molar-refractivity contribution in [2.45, 2.75) is 51.4 Å². The van der Waals surface area contributed by atoms with Gasteiger partial charge in [-0.15, -0.1) is 0 Å². The van der Waals surface area contributed by atoms with E-state index in [0.29, 0.717) is 5.92 Å². The van der Waals surface area contributed by atoms with Gasteiger partial charge in [0.1, 0.15) is 16.2 Å². The lowest BCUT2D eigenvalue weighted by atomic mass is 9.92. The minimum absolute atomic E-state index is 0.619. The standard InChI is InChI=1S/C15H22BrN3/c1-2-3-11-6-8-19(9-7-11)14-10-13(16)17-15(18-14)12-4-5-12/h10-12H,2-9H2,1H3. The monoisotopic (exact) mass is 323 g/mol. The number of hydrogen-bond donors (Lipinski definition) is 0. The van der Waals surface area contributed by atoms with Crippen LogP contribution in [0.25, 0.3) is 0 Å². The number of aromatic nitrogens is 2. The fourth-order valence-corrected chi connectivity index (χ4v) is 3.35. The molecule has 19 heavy (non-hydrogen) atoms. The number of hydrogen-bond acceptors (Lipinski definition) is 3. The zero-order valence-electron chi connectivity index (χ0n) is 11.6. The van der Waals surface area contributed by atoms with Crippen LogP contribution in [0.5, 0.6) is 0 Å². The quantitative estimate of drug-likeness (QED) is 0.780. The smallest absolute Gasteiger partial charge is 0.135 e. The summed E-state index contributed by atoms with van der Waals surface area (Å²) < 4.78 is 0.940. The molecule has 1 aliphatic carbocycles. The van der Waals surface area contributed by atoms with Gasteiger partial charge in [0.05, 0.1) is 0 Å². The Morgan fingerprint density at radius 1 is 1.21 bits per heavy atom. The van der Waals surface area contributed by atoms with Crippen molar-refractivity contribution in [1.82, 2.24) is 9.97 Å². The molecule has 3 nitrogen and oxygen atoms in total. The van der Waals surface area contributed by atoms with Crippen molar-refractivity contribution < 1.29 is 0 Å². The van der Waals surface area contributed by atoms with Gasteiger partial charge in [-0.1, -0.05) is 19.8 Å². The predicted octanol–water partition coefficient (Wildman–Crippen LogP) is 4.13. The molecule has 0 radical (unpaired) electrons. The zero-order valence-corrected chi connectivity index (χ0v) is 13.2. The second kappa shape index (κ2) is 5.78. The van der Waals surface area contributed by atoms with Crippen LogP contribution in [-0.4, -0.2) is 23.1 Å². The number of rotatable bonds is 4. The van der Waals surface area contributed by atoms with Gasteiger partial charge in [0.2, 0.25) is 0 Å². The summed E-state index contributed by atoms with van der Waals surface area (Å²) in [5, 5.41) is 0. The summed E-state index contributed by atoms with van der Waals surface area (Å²) in [5.41, 5.74) is 0. The van der Waals surface area contributed by atoms with Crippen molar-refractivity contribution in [3.63, 3.8) is 0 Å². The molecule has 2 heterocycles. The second-order valence-corrected chi connectivity index (χ2v) is 6.71. The molecule has 104 valence electrons. The summed E-state index contributed by atoms with van der Waals surface area (Å²) in [6.07, 6.45) is 7.84. The van der Waals surface area contributed by atoms with Crippen LogP contribution in [0.1, 0.15) is 57.2 Å². The maximum absolute atomic E-state index is 4.78. The van der Waals surface area contributed by atoms with Gasteiger partial charge >= 0.3 is 0 Å². The SMILES string of the molecule is CCCC1CCN(c2cc(Br)nc(C3CC3)n2)CC1. The Morgan fingerprint density at radius 3 is 2.58 bits per heavy atom. The molecule has 1 saturated heterocycles. The molecule has 0 bridgehead atoms. The number of piperidine rings is 1. The Balaban J connectivity index is 1.69. The lowest BCUT2D eigenvalue weighted by Crippen LogP contribution is -2.34. The van der Waals surface area contributed by atoms with E-state index in [0.717, 1.165) is 35.3 Å². The first-order valence-corrected chi connectivity index (χ1v) is 8.35. The van der Waals surface area contributed by atoms with Crippen LogP contribution < -0.4 is 4.90 Å². The molecule has 1 aromatic heterocycles. The van der Waals surface area contributed by atoms with Crippen LogP contribution in [0.3, 0.4) is 0 Å². The maximum atomic E-state index is 4.78. The van der Waals surface area contributed by atoms with Crippen LogP contribution in [0.4, 0.5) is 5.82 Å². The second-order valence-electron chi connectivity index (χ2n) is 5.90. The third kappa shape index (κ3) is 3.28. The van der Waals surface area contributed by atoms with Crippen molar-refractivity contribution in [2.24, 2.45) is 5.92 Å². The first kappa shape index (κ1) is 13.3. The average Bonchev–Trinajstić information content (AvgIpc) is 3.23. The predicted molar refractivity (Wildman–Crippen MR) is 81.6 cm³/mol. The van der Waals surface area contributed by atoms with Crippen LogP contribution in [0.2, 0.25) is 0 Å². The van der Waals surface area contributed by atoms with Gasteiger partial charge in [-0.25, -0.2) is 9.97 Å². The molecule has 2 aliphatic rings. The molecule has 0 N–H and O–H groups in total. The summed E-state index contributed by atoms with van der Waals surface area (Å²) in [6, 6.07) is 2.08. The van der Waals surface area contributed by atoms with Gasteiger partial charge in [-0.2, -0.15) is 0 Å². The van der Waals surface area contributed by atoms with Crippen LogP contribution in [0, 0.1) is 5.92 Å². The molecule has 1 aliphatic heterocycles. The molecule has 1 saturated carbocycles. The van der Waals surface area contributed by atoms with E-state index >= 15 is 0 Å². The normalized spacial score (nSPS) is 20.8. The van der Waals surface area contributed by atoms with Crippen molar-refractivity contribution >= 4 is 21.7 Å². The molecular weight excluding hydrogens is 302 g/mol. The van der Waals surface area contributed by atoms with Crippen molar-refractivity contribution in [2.75, 3.05) is 18.0 Å². The van der Waals surface area contributed by atoms with Crippen LogP contribution in [0.15, 0.2) is 10.7 Å². The molecule has 0 amide bonds. The highest BCUT2D eigenvalue weighted by Gasteiger charge is 2.28. The first-order valence-electron chi connectivity index (χ1n) is 7.55. The van der Waals surface area contributed by atoms with E-state index in [1.165, 1.54) is 38.5 Å². The molecule has 0 unspecified atom stereocenters. The van der Waals surface area contributed by atoms with Crippen molar-refractivity contribution in [1.29, 1.82) is 0 Å². The minimum atomic E-state index is 0.619. The van der Waals surface area contributed by atoms with Crippen molar-refractivity contribution in [3.05, 3.63) is 16.5 Å². The Hall–Kier alpha value is -0.640. The third-order valence-electron chi connectivity index (χ3n) is 4.28. The van der Waals surface area contributed by atoms with E-state index < -0.39 is 0 Å². The van der Waals surface area contributed by atoms with E-state index in [1.54, 1.807) is 0 Å². The number of nitrogens with zero attached hydrogens (tertiary/aromatic N) is 3. The van der Waals surface area contributed by atoms with E-state index in [1.807, 2.05) is 0 Å². The van der Waals surface area contributed by atoms with Crippen LogP contribution in [-0.2, 0) is 0 Å². The Labute approximate surface area is 124 Å². The minimum Gasteiger partial charge on any atom is -0.356 e. The lowest BCUT2D eigenvalue weighted by Gasteiger charge is -2.32. The van der Waals surface area contributed by atoms with Gasteiger partial charge in [0.25, 0.3) is 0 Å². The highest BCUT2D eigenvalue weighted by molar-refractivity contribution is 9.10.